The summed E-state index contributed by atoms with van der Waals surface area (Å²) in [5, 5.41) is 12.3. The van der Waals surface area contributed by atoms with Gasteiger partial charge in [-0.1, -0.05) is 13.8 Å². The molecule has 0 radical (unpaired) electrons. The van der Waals surface area contributed by atoms with E-state index in [0.717, 1.165) is 10.6 Å². The summed E-state index contributed by atoms with van der Waals surface area (Å²) in [6.45, 7) is 4.14. The van der Waals surface area contributed by atoms with Gasteiger partial charge in [0.1, 0.15) is 5.75 Å². The van der Waals surface area contributed by atoms with Gasteiger partial charge in [0.2, 0.25) is 5.91 Å². The van der Waals surface area contributed by atoms with Crippen molar-refractivity contribution in [1.29, 1.82) is 0 Å². The van der Waals surface area contributed by atoms with Gasteiger partial charge in [-0.25, -0.2) is 0 Å². The number of amides is 1. The van der Waals surface area contributed by atoms with Crippen molar-refractivity contribution in [2.45, 2.75) is 24.8 Å². The van der Waals surface area contributed by atoms with Gasteiger partial charge in [0, 0.05) is 11.4 Å². The molecule has 1 atom stereocenters. The zero-order valence-corrected chi connectivity index (χ0v) is 12.4. The van der Waals surface area contributed by atoms with Gasteiger partial charge in [0.15, 0.2) is 0 Å². The van der Waals surface area contributed by atoms with Gasteiger partial charge in [0.05, 0.1) is 19.0 Å². The Labute approximate surface area is 118 Å². The van der Waals surface area contributed by atoms with Gasteiger partial charge >= 0.3 is 0 Å². The van der Waals surface area contributed by atoms with Gasteiger partial charge in [-0.05, 0) is 30.2 Å². The number of nitrogens with one attached hydrogen (secondary N) is 1. The van der Waals surface area contributed by atoms with E-state index in [-0.39, 0.29) is 11.8 Å². The van der Waals surface area contributed by atoms with Gasteiger partial charge < -0.3 is 15.2 Å². The standard InChI is InChI=1S/C14H21NO3S/c1-10(2)13(16)8-15-14(17)9-19-12-6-4-11(18-3)5-7-12/h4-7,10,13,16H,8-9H2,1-3H3,(H,15,17). The van der Waals surface area contributed by atoms with E-state index >= 15 is 0 Å². The third kappa shape index (κ3) is 5.98. The quantitative estimate of drug-likeness (QED) is 0.751. The normalized spacial score (nSPS) is 12.3. The van der Waals surface area contributed by atoms with E-state index in [4.69, 9.17) is 4.74 Å². The Bertz CT molecular complexity index is 392. The second kappa shape index (κ2) is 8.07. The van der Waals surface area contributed by atoms with Crippen LogP contribution in [0.1, 0.15) is 13.8 Å². The topological polar surface area (TPSA) is 58.6 Å². The van der Waals surface area contributed by atoms with Crippen LogP contribution >= 0.6 is 11.8 Å². The average Bonchev–Trinajstić information content (AvgIpc) is 2.42. The SMILES string of the molecule is COc1ccc(SCC(=O)NCC(O)C(C)C)cc1. The Morgan fingerprint density at radius 2 is 2.00 bits per heavy atom. The predicted molar refractivity (Wildman–Crippen MR) is 77.6 cm³/mol. The first kappa shape index (κ1) is 15.9. The molecule has 1 aromatic rings. The smallest absolute Gasteiger partial charge is 0.230 e. The molecule has 0 heterocycles. The minimum absolute atomic E-state index is 0.0690. The summed E-state index contributed by atoms with van der Waals surface area (Å²) in [5.74, 6) is 1.22. The molecule has 1 amide bonds. The molecule has 0 bridgehead atoms. The van der Waals surface area contributed by atoms with Crippen LogP contribution in [-0.4, -0.2) is 36.5 Å². The molecule has 5 heteroatoms. The number of ether oxygens (including phenoxy) is 1. The van der Waals surface area contributed by atoms with Crippen LogP contribution in [0.2, 0.25) is 0 Å². The highest BCUT2D eigenvalue weighted by molar-refractivity contribution is 8.00. The lowest BCUT2D eigenvalue weighted by Gasteiger charge is -2.14. The van der Waals surface area contributed by atoms with Crippen molar-refractivity contribution in [2.75, 3.05) is 19.4 Å². The Morgan fingerprint density at radius 1 is 1.37 bits per heavy atom. The maximum atomic E-state index is 11.6. The van der Waals surface area contributed by atoms with Gasteiger partial charge in [-0.3, -0.25) is 4.79 Å². The summed E-state index contributed by atoms with van der Waals surface area (Å²) in [6.07, 6.45) is -0.491. The van der Waals surface area contributed by atoms with E-state index in [1.165, 1.54) is 11.8 Å². The predicted octanol–water partition coefficient (Wildman–Crippen LogP) is 1.92. The highest BCUT2D eigenvalue weighted by Crippen LogP contribution is 2.20. The number of hydrogen-bond acceptors (Lipinski definition) is 4. The molecule has 1 unspecified atom stereocenters. The van der Waals surface area contributed by atoms with Crippen molar-refractivity contribution in [3.05, 3.63) is 24.3 Å². The van der Waals surface area contributed by atoms with Crippen molar-refractivity contribution in [3.8, 4) is 5.75 Å². The van der Waals surface area contributed by atoms with E-state index in [2.05, 4.69) is 5.32 Å². The lowest BCUT2D eigenvalue weighted by atomic mass is 10.1. The lowest BCUT2D eigenvalue weighted by molar-refractivity contribution is -0.119. The number of carbonyl (C=O) groups excluding carboxylic acids is 1. The first-order chi connectivity index (χ1) is 9.02. The maximum Gasteiger partial charge on any atom is 0.230 e. The molecule has 2 N–H and O–H groups in total. The molecular formula is C14H21NO3S. The number of benzene rings is 1. The minimum atomic E-state index is -0.491. The number of aliphatic hydroxyl groups is 1. The summed E-state index contributed by atoms with van der Waals surface area (Å²) in [5.41, 5.74) is 0. The Kier molecular flexibility index (Phi) is 6.73. The van der Waals surface area contributed by atoms with Gasteiger partial charge in [-0.15, -0.1) is 11.8 Å². The number of thioether (sulfide) groups is 1. The zero-order chi connectivity index (χ0) is 14.3. The highest BCUT2D eigenvalue weighted by atomic mass is 32.2. The second-order valence-corrected chi connectivity index (χ2v) is 5.63. The summed E-state index contributed by atoms with van der Waals surface area (Å²) in [4.78, 5) is 12.6. The fourth-order valence-corrected chi connectivity index (χ4v) is 2.05. The molecule has 4 nitrogen and oxygen atoms in total. The van der Waals surface area contributed by atoms with Crippen molar-refractivity contribution in [3.63, 3.8) is 0 Å². The highest BCUT2D eigenvalue weighted by Gasteiger charge is 2.10. The van der Waals surface area contributed by atoms with Crippen LogP contribution in [0.5, 0.6) is 5.75 Å². The van der Waals surface area contributed by atoms with E-state index in [0.29, 0.717) is 12.3 Å². The van der Waals surface area contributed by atoms with E-state index < -0.39 is 6.10 Å². The minimum Gasteiger partial charge on any atom is -0.497 e. The molecule has 19 heavy (non-hydrogen) atoms. The molecule has 1 rings (SSSR count). The zero-order valence-electron chi connectivity index (χ0n) is 11.6. The second-order valence-electron chi connectivity index (χ2n) is 4.58. The van der Waals surface area contributed by atoms with Crippen molar-refractivity contribution < 1.29 is 14.6 Å². The lowest BCUT2D eigenvalue weighted by Crippen LogP contribution is -2.35. The Balaban J connectivity index is 2.29. The fourth-order valence-electron chi connectivity index (χ4n) is 1.33. The molecule has 1 aromatic carbocycles. The van der Waals surface area contributed by atoms with E-state index in [1.807, 2.05) is 38.1 Å². The van der Waals surface area contributed by atoms with Crippen LogP contribution in [-0.2, 0) is 4.79 Å². The number of carbonyl (C=O) groups is 1. The molecule has 0 fully saturated rings. The van der Waals surface area contributed by atoms with Gasteiger partial charge in [-0.2, -0.15) is 0 Å². The summed E-state index contributed by atoms with van der Waals surface area (Å²) < 4.78 is 5.07. The Morgan fingerprint density at radius 3 is 2.53 bits per heavy atom. The van der Waals surface area contributed by atoms with Crippen LogP contribution in [0.25, 0.3) is 0 Å². The summed E-state index contributed by atoms with van der Waals surface area (Å²) >= 11 is 1.46. The number of methoxy groups -OCH3 is 1. The molecule has 0 saturated heterocycles. The van der Waals surface area contributed by atoms with Crippen LogP contribution in [0.15, 0.2) is 29.2 Å². The molecule has 0 aliphatic carbocycles. The monoisotopic (exact) mass is 283 g/mol. The number of rotatable bonds is 7. The van der Waals surface area contributed by atoms with Crippen LogP contribution in [0.3, 0.4) is 0 Å². The molecule has 0 saturated carbocycles. The average molecular weight is 283 g/mol. The van der Waals surface area contributed by atoms with Crippen molar-refractivity contribution >= 4 is 17.7 Å². The first-order valence-electron chi connectivity index (χ1n) is 6.24. The van der Waals surface area contributed by atoms with Crippen LogP contribution < -0.4 is 10.1 Å². The number of aliphatic hydroxyl groups excluding tert-OH is 1. The van der Waals surface area contributed by atoms with E-state index in [9.17, 15) is 9.90 Å². The fraction of sp³-hybridized carbons (Fsp3) is 0.500. The summed E-state index contributed by atoms with van der Waals surface area (Å²) in [7, 11) is 1.62. The van der Waals surface area contributed by atoms with Crippen LogP contribution in [0, 0.1) is 5.92 Å². The van der Waals surface area contributed by atoms with Crippen molar-refractivity contribution in [2.24, 2.45) is 5.92 Å². The van der Waals surface area contributed by atoms with Crippen molar-refractivity contribution in [1.82, 2.24) is 5.32 Å². The molecule has 106 valence electrons. The van der Waals surface area contributed by atoms with Gasteiger partial charge in [0.25, 0.3) is 0 Å². The Hall–Kier alpha value is -1.20. The first-order valence-corrected chi connectivity index (χ1v) is 7.23. The molecule has 0 aromatic heterocycles. The summed E-state index contributed by atoms with van der Waals surface area (Å²) in [6, 6.07) is 7.56. The molecule has 0 aliphatic heterocycles. The maximum absolute atomic E-state index is 11.6. The number of hydrogen-bond donors (Lipinski definition) is 2. The largest absolute Gasteiger partial charge is 0.497 e. The van der Waals surface area contributed by atoms with E-state index in [1.54, 1.807) is 7.11 Å². The van der Waals surface area contributed by atoms with Crippen LogP contribution in [0.4, 0.5) is 0 Å². The third-order valence-corrected chi connectivity index (χ3v) is 3.72. The molecular weight excluding hydrogens is 262 g/mol. The molecule has 0 aliphatic rings. The third-order valence-electron chi connectivity index (χ3n) is 2.71. The molecule has 0 spiro atoms.